The van der Waals surface area contributed by atoms with E-state index in [0.717, 1.165) is 27.9 Å². The molecule has 0 unspecified atom stereocenters. The molecule has 0 radical (unpaired) electrons. The minimum atomic E-state index is 0.00460. The van der Waals surface area contributed by atoms with Gasteiger partial charge in [-0.15, -0.1) is 0 Å². The smallest absolute Gasteiger partial charge is 0.197 e. The number of aromatic nitrogens is 1. The Hall–Kier alpha value is -3.79. The van der Waals surface area contributed by atoms with Gasteiger partial charge in [0.1, 0.15) is 0 Å². The fraction of sp³-hybridized carbons (Fsp3) is 0. The van der Waals surface area contributed by atoms with Crippen molar-refractivity contribution in [2.75, 3.05) is 0 Å². The Labute approximate surface area is 155 Å². The van der Waals surface area contributed by atoms with Crippen molar-refractivity contribution in [3.63, 3.8) is 0 Å². The summed E-state index contributed by atoms with van der Waals surface area (Å²) in [5.74, 6) is 0. The van der Waals surface area contributed by atoms with Crippen LogP contribution < -0.4 is 5.43 Å². The number of para-hydroxylation sites is 2. The van der Waals surface area contributed by atoms with Gasteiger partial charge in [0.15, 0.2) is 5.43 Å². The third kappa shape index (κ3) is 2.13. The van der Waals surface area contributed by atoms with Crippen molar-refractivity contribution in [3.05, 3.63) is 100 Å². The van der Waals surface area contributed by atoms with E-state index in [1.165, 1.54) is 0 Å². The molecule has 2 N–H and O–H groups in total. The summed E-state index contributed by atoms with van der Waals surface area (Å²) in [6.45, 7) is 0. The summed E-state index contributed by atoms with van der Waals surface area (Å²) in [6.07, 6.45) is 1.72. The topological polar surface area (TPSA) is 69.7 Å². The quantitative estimate of drug-likeness (QED) is 0.490. The van der Waals surface area contributed by atoms with Gasteiger partial charge in [0, 0.05) is 21.9 Å². The van der Waals surface area contributed by atoms with Crippen molar-refractivity contribution in [1.82, 2.24) is 4.57 Å². The first-order valence-corrected chi connectivity index (χ1v) is 8.68. The zero-order valence-electron chi connectivity index (χ0n) is 14.4. The van der Waals surface area contributed by atoms with Crippen LogP contribution in [-0.4, -0.2) is 16.0 Å². The molecule has 1 heterocycles. The molecule has 5 rings (SSSR count). The molecule has 128 valence electrons. The van der Waals surface area contributed by atoms with E-state index >= 15 is 0 Å². The maximum absolute atomic E-state index is 13.0. The molecule has 0 aliphatic heterocycles. The van der Waals surface area contributed by atoms with Crippen molar-refractivity contribution in [3.8, 4) is 0 Å². The number of nitrogens with zero attached hydrogens (tertiary/aromatic N) is 1. The van der Waals surface area contributed by atoms with Gasteiger partial charge in [-0.25, -0.2) is 0 Å². The van der Waals surface area contributed by atoms with Crippen LogP contribution in [0.25, 0.3) is 27.5 Å². The lowest BCUT2D eigenvalue weighted by molar-refractivity contribution is 1.19. The van der Waals surface area contributed by atoms with Crippen molar-refractivity contribution in [1.29, 1.82) is 10.8 Å². The molecule has 3 aromatic carbocycles. The number of hydrogen-bond donors (Lipinski definition) is 2. The van der Waals surface area contributed by atoms with Crippen LogP contribution in [0.15, 0.2) is 83.7 Å². The monoisotopic (exact) mass is 349 g/mol. The number of pyridine rings is 1. The Bertz CT molecular complexity index is 1320. The van der Waals surface area contributed by atoms with E-state index in [4.69, 9.17) is 10.8 Å². The zero-order valence-corrected chi connectivity index (χ0v) is 14.4. The molecule has 0 bridgehead atoms. The Morgan fingerprint density at radius 2 is 1.19 bits per heavy atom. The first-order chi connectivity index (χ1) is 13.2. The predicted octanol–water partition coefficient (Wildman–Crippen LogP) is 4.45. The van der Waals surface area contributed by atoms with Gasteiger partial charge >= 0.3 is 0 Å². The van der Waals surface area contributed by atoms with E-state index < -0.39 is 0 Å². The average molecular weight is 349 g/mol. The highest BCUT2D eigenvalue weighted by Gasteiger charge is 2.23. The third-order valence-electron chi connectivity index (χ3n) is 5.04. The van der Waals surface area contributed by atoms with Crippen LogP contribution >= 0.6 is 0 Å². The highest BCUT2D eigenvalue weighted by molar-refractivity contribution is 6.52. The largest absolute Gasteiger partial charge is 0.308 e. The summed E-state index contributed by atoms with van der Waals surface area (Å²) >= 11 is 0. The molecule has 1 aliphatic rings. The molecule has 0 spiro atoms. The van der Waals surface area contributed by atoms with Crippen molar-refractivity contribution in [2.45, 2.75) is 0 Å². The first-order valence-electron chi connectivity index (χ1n) is 8.68. The Kier molecular flexibility index (Phi) is 3.21. The van der Waals surface area contributed by atoms with Crippen LogP contribution in [0.3, 0.4) is 0 Å². The van der Waals surface area contributed by atoms with Crippen LogP contribution in [-0.2, 0) is 0 Å². The number of benzene rings is 3. The van der Waals surface area contributed by atoms with Crippen LogP contribution in [0.2, 0.25) is 0 Å². The Balaban J connectivity index is 2.01. The summed E-state index contributed by atoms with van der Waals surface area (Å²) in [5.41, 5.74) is 4.39. The van der Waals surface area contributed by atoms with E-state index in [1.54, 1.807) is 6.08 Å². The van der Waals surface area contributed by atoms with E-state index in [1.807, 2.05) is 77.4 Å². The molecule has 0 saturated carbocycles. The van der Waals surface area contributed by atoms with Crippen LogP contribution in [0.4, 0.5) is 0 Å². The summed E-state index contributed by atoms with van der Waals surface area (Å²) in [6, 6.07) is 22.7. The van der Waals surface area contributed by atoms with Crippen LogP contribution in [0.5, 0.6) is 0 Å². The lowest BCUT2D eigenvalue weighted by atomic mass is 9.91. The number of nitrogens with one attached hydrogen (secondary N) is 2. The van der Waals surface area contributed by atoms with Gasteiger partial charge in [0.25, 0.3) is 0 Å². The van der Waals surface area contributed by atoms with Crippen molar-refractivity contribution in [2.24, 2.45) is 0 Å². The molecule has 0 atom stereocenters. The molecule has 4 aromatic rings. The van der Waals surface area contributed by atoms with Gasteiger partial charge in [0.05, 0.1) is 28.2 Å². The molecule has 4 nitrogen and oxygen atoms in total. The van der Waals surface area contributed by atoms with Gasteiger partial charge < -0.3 is 4.57 Å². The standard InChI is InChI=1S/C23H15N3O/c24-18-13-21(14-7-1-2-8-15(14)22(18)25)26-19-11-5-3-9-16(19)23(27)17-10-4-6-12-20(17)26/h1-13,24-25H. The zero-order chi connectivity index (χ0) is 18.5. The maximum atomic E-state index is 13.0. The number of fused-ring (bicyclic) bond motifs is 3. The molecule has 0 fully saturated rings. The molecular formula is C23H15N3O. The van der Waals surface area contributed by atoms with Crippen molar-refractivity contribution >= 4 is 38.9 Å². The SMILES string of the molecule is N=C1C=C(n2c3ccccc3c(=O)c3ccccc32)c2ccccc2C1=N. The Morgan fingerprint density at radius 1 is 0.667 bits per heavy atom. The number of allylic oxidation sites excluding steroid dienone is 1. The summed E-state index contributed by atoms with van der Waals surface area (Å²) in [4.78, 5) is 13.0. The summed E-state index contributed by atoms with van der Waals surface area (Å²) in [5, 5.41) is 17.8. The van der Waals surface area contributed by atoms with Gasteiger partial charge in [-0.1, -0.05) is 48.5 Å². The van der Waals surface area contributed by atoms with E-state index in [0.29, 0.717) is 10.8 Å². The molecule has 0 saturated heterocycles. The molecule has 1 aliphatic carbocycles. The second-order valence-corrected chi connectivity index (χ2v) is 6.56. The summed E-state index contributed by atoms with van der Waals surface area (Å²) < 4.78 is 2.03. The maximum Gasteiger partial charge on any atom is 0.197 e. The normalized spacial score (nSPS) is 13.7. The number of rotatable bonds is 1. The van der Waals surface area contributed by atoms with E-state index in [-0.39, 0.29) is 16.9 Å². The second-order valence-electron chi connectivity index (χ2n) is 6.56. The van der Waals surface area contributed by atoms with Crippen molar-refractivity contribution < 1.29 is 0 Å². The fourth-order valence-electron chi connectivity index (χ4n) is 3.80. The summed E-state index contributed by atoms with van der Waals surface area (Å²) in [7, 11) is 0. The lowest BCUT2D eigenvalue weighted by Gasteiger charge is -2.24. The lowest BCUT2D eigenvalue weighted by Crippen LogP contribution is -2.21. The van der Waals surface area contributed by atoms with E-state index in [2.05, 4.69) is 0 Å². The fourth-order valence-corrected chi connectivity index (χ4v) is 3.80. The van der Waals surface area contributed by atoms with Crippen LogP contribution in [0, 0.1) is 10.8 Å². The third-order valence-corrected chi connectivity index (χ3v) is 5.04. The molecular weight excluding hydrogens is 334 g/mol. The molecule has 1 aromatic heterocycles. The minimum absolute atomic E-state index is 0.00460. The first kappa shape index (κ1) is 15.5. The average Bonchev–Trinajstić information content (AvgIpc) is 2.72. The van der Waals surface area contributed by atoms with Gasteiger partial charge in [-0.3, -0.25) is 15.6 Å². The molecule has 0 amide bonds. The van der Waals surface area contributed by atoms with E-state index in [9.17, 15) is 4.79 Å². The number of hydrogen-bond acceptors (Lipinski definition) is 3. The Morgan fingerprint density at radius 3 is 1.81 bits per heavy atom. The van der Waals surface area contributed by atoms with Crippen LogP contribution in [0.1, 0.15) is 11.1 Å². The highest BCUT2D eigenvalue weighted by Crippen LogP contribution is 2.31. The minimum Gasteiger partial charge on any atom is -0.308 e. The van der Waals surface area contributed by atoms with Gasteiger partial charge in [-0.05, 0) is 30.3 Å². The predicted molar refractivity (Wildman–Crippen MR) is 110 cm³/mol. The molecule has 4 heteroatoms. The second kappa shape index (κ2) is 5.61. The van der Waals surface area contributed by atoms with Gasteiger partial charge in [-0.2, -0.15) is 0 Å². The molecule has 27 heavy (non-hydrogen) atoms. The highest BCUT2D eigenvalue weighted by atomic mass is 16.1. The van der Waals surface area contributed by atoms with Gasteiger partial charge in [0.2, 0.25) is 0 Å².